The van der Waals surface area contributed by atoms with Gasteiger partial charge in [0.05, 0.1) is 35.0 Å². The largest absolute Gasteiger partial charge is 0.371 e. The summed E-state index contributed by atoms with van der Waals surface area (Å²) >= 11 is 0. The van der Waals surface area contributed by atoms with E-state index in [0.717, 1.165) is 69.3 Å². The van der Waals surface area contributed by atoms with Crippen LogP contribution in [0, 0.1) is 6.92 Å². The number of hydrogen-bond donors (Lipinski definition) is 3. The zero-order chi connectivity index (χ0) is 27.5. The molecule has 0 radical (unpaired) electrons. The van der Waals surface area contributed by atoms with Crippen molar-refractivity contribution < 1.29 is 0 Å². The van der Waals surface area contributed by atoms with Crippen LogP contribution >= 0.6 is 0 Å². The molecule has 5 aromatic rings. The van der Waals surface area contributed by atoms with E-state index in [2.05, 4.69) is 68.7 Å². The molecule has 0 saturated carbocycles. The molecule has 0 unspecified atom stereocenters. The number of hydrogen-bond acceptors (Lipinski definition) is 5. The van der Waals surface area contributed by atoms with Crippen LogP contribution in [0.2, 0.25) is 0 Å². The second kappa shape index (κ2) is 11.1. The molecule has 6 rings (SSSR count). The molecule has 40 heavy (non-hydrogen) atoms. The summed E-state index contributed by atoms with van der Waals surface area (Å²) in [4.78, 5) is 15.2. The Morgan fingerprint density at radius 2 is 1.85 bits per heavy atom. The van der Waals surface area contributed by atoms with E-state index in [4.69, 9.17) is 4.98 Å². The normalized spacial score (nSPS) is 13.9. The number of aryl methyl sites for hydroxylation is 1. The Morgan fingerprint density at radius 3 is 2.65 bits per heavy atom. The number of pyridine rings is 2. The molecule has 7 heteroatoms. The lowest BCUT2D eigenvalue weighted by Gasteiger charge is -2.31. The molecule has 1 aliphatic rings. The van der Waals surface area contributed by atoms with Gasteiger partial charge in [-0.2, -0.15) is 5.10 Å². The minimum atomic E-state index is 0.812. The fraction of sp³-hybridized carbons (Fsp3) is 0.182. The maximum atomic E-state index is 4.70. The molecule has 0 spiro atoms. The van der Waals surface area contributed by atoms with E-state index >= 15 is 0 Å². The van der Waals surface area contributed by atoms with Crippen LogP contribution < -0.4 is 5.32 Å². The molecule has 0 aliphatic carbocycles. The van der Waals surface area contributed by atoms with Crippen LogP contribution in [0.4, 0.5) is 5.69 Å². The summed E-state index contributed by atoms with van der Waals surface area (Å²) < 4.78 is 0. The number of nitrogens with one attached hydrogen (secondary N) is 3. The van der Waals surface area contributed by atoms with Crippen LogP contribution in [0.5, 0.6) is 0 Å². The summed E-state index contributed by atoms with van der Waals surface area (Å²) in [5.41, 5.74) is 10.6. The second-order valence-corrected chi connectivity index (χ2v) is 10.2. The lowest BCUT2D eigenvalue weighted by atomic mass is 10.1. The third-order valence-electron chi connectivity index (χ3n) is 7.42. The number of aromatic nitrogens is 5. The van der Waals surface area contributed by atoms with Gasteiger partial charge in [0.25, 0.3) is 0 Å². The maximum absolute atomic E-state index is 4.70. The van der Waals surface area contributed by atoms with Crippen LogP contribution in [-0.2, 0) is 0 Å². The topological polar surface area (TPSA) is 85.5 Å². The summed E-state index contributed by atoms with van der Waals surface area (Å²) in [6.45, 7) is 12.4. The van der Waals surface area contributed by atoms with Crippen molar-refractivity contribution in [1.82, 2.24) is 30.0 Å². The van der Waals surface area contributed by atoms with E-state index in [1.807, 2.05) is 54.9 Å². The number of anilines is 1. The molecule has 3 N–H and O–H groups in total. The van der Waals surface area contributed by atoms with Crippen molar-refractivity contribution in [2.24, 2.45) is 0 Å². The summed E-state index contributed by atoms with van der Waals surface area (Å²) in [6.07, 6.45) is 13.2. The number of aromatic amines is 2. The van der Waals surface area contributed by atoms with Gasteiger partial charge in [0.15, 0.2) is 0 Å². The molecule has 1 saturated heterocycles. The Hall–Kier alpha value is -4.91. The lowest BCUT2D eigenvalue weighted by Crippen LogP contribution is -2.28. The average Bonchev–Trinajstić information content (AvgIpc) is 3.59. The number of nitrogens with zero attached hydrogens (tertiary/aromatic N) is 4. The number of likely N-dealkylation sites (tertiary alicyclic amines) is 1. The van der Waals surface area contributed by atoms with Gasteiger partial charge in [-0.05, 0) is 56.0 Å². The molecular formula is C33H33N7. The monoisotopic (exact) mass is 527 g/mol. The van der Waals surface area contributed by atoms with E-state index < -0.39 is 0 Å². The molecular weight excluding hydrogens is 494 g/mol. The molecule has 1 aliphatic heterocycles. The number of fused-ring (bicyclic) bond motifs is 1. The SMILES string of the molecule is C=C/C=C(\c1cc(-c2n[nH]c3cnc(-c4cncc(NC(=C)c5ccccc5)c4)cc23)[nH]c1C)N1CCCCC1. The first-order valence-corrected chi connectivity index (χ1v) is 13.7. The Kier molecular flexibility index (Phi) is 7.02. The van der Waals surface area contributed by atoms with Crippen molar-refractivity contribution in [1.29, 1.82) is 0 Å². The highest BCUT2D eigenvalue weighted by molar-refractivity contribution is 5.94. The highest BCUT2D eigenvalue weighted by atomic mass is 15.1. The van der Waals surface area contributed by atoms with Gasteiger partial charge in [0.1, 0.15) is 5.69 Å². The van der Waals surface area contributed by atoms with E-state index in [1.165, 1.54) is 30.5 Å². The first-order valence-electron chi connectivity index (χ1n) is 13.7. The molecule has 200 valence electrons. The summed E-state index contributed by atoms with van der Waals surface area (Å²) in [7, 11) is 0. The van der Waals surface area contributed by atoms with Gasteiger partial charge < -0.3 is 15.2 Å². The minimum absolute atomic E-state index is 0.812. The fourth-order valence-corrected chi connectivity index (χ4v) is 5.38. The number of H-pyrrole nitrogens is 2. The van der Waals surface area contributed by atoms with Crippen molar-refractivity contribution in [3.05, 3.63) is 109 Å². The van der Waals surface area contributed by atoms with Crippen LogP contribution in [0.15, 0.2) is 92.4 Å². The van der Waals surface area contributed by atoms with Gasteiger partial charge in [0.2, 0.25) is 0 Å². The van der Waals surface area contributed by atoms with E-state index in [0.29, 0.717) is 0 Å². The standard InChI is InChI=1S/C33H33N7/c1-4-11-32(40-14-9-6-10-15-40)27-17-30(37-23(27)3)33-28-18-29(35-21-31(28)38-39-33)25-16-26(20-34-19-25)36-22(2)24-12-7-5-8-13-24/h4-5,7-8,11-13,16-21,36-37H,1-2,6,9-10,14-15H2,3H3,(H,38,39)/b32-11+. The minimum Gasteiger partial charge on any atom is -0.371 e. The Bertz CT molecular complexity index is 1700. The van der Waals surface area contributed by atoms with Gasteiger partial charge >= 0.3 is 0 Å². The van der Waals surface area contributed by atoms with E-state index in [9.17, 15) is 0 Å². The van der Waals surface area contributed by atoms with E-state index in [-0.39, 0.29) is 0 Å². The molecule has 7 nitrogen and oxygen atoms in total. The van der Waals surface area contributed by atoms with Crippen LogP contribution in [0.25, 0.3) is 44.9 Å². The molecule has 1 aromatic carbocycles. The Balaban J connectivity index is 1.32. The molecule has 0 bridgehead atoms. The third kappa shape index (κ3) is 5.06. The molecule has 4 aromatic heterocycles. The Labute approximate surface area is 234 Å². The zero-order valence-electron chi connectivity index (χ0n) is 22.7. The second-order valence-electron chi connectivity index (χ2n) is 10.2. The van der Waals surface area contributed by atoms with Gasteiger partial charge in [-0.3, -0.25) is 15.1 Å². The predicted molar refractivity (Wildman–Crippen MR) is 164 cm³/mol. The van der Waals surface area contributed by atoms with Crippen LogP contribution in [-0.4, -0.2) is 43.1 Å². The highest BCUT2D eigenvalue weighted by Crippen LogP contribution is 2.34. The van der Waals surface area contributed by atoms with Gasteiger partial charge in [0, 0.05) is 52.9 Å². The van der Waals surface area contributed by atoms with Crippen LogP contribution in [0.1, 0.15) is 36.1 Å². The molecule has 0 atom stereocenters. The van der Waals surface area contributed by atoms with Gasteiger partial charge in [-0.15, -0.1) is 0 Å². The highest BCUT2D eigenvalue weighted by Gasteiger charge is 2.20. The molecule has 0 amide bonds. The number of piperidine rings is 1. The van der Waals surface area contributed by atoms with Crippen molar-refractivity contribution in [3.8, 4) is 22.6 Å². The first-order chi connectivity index (χ1) is 19.6. The quantitative estimate of drug-likeness (QED) is 0.183. The molecule has 1 fully saturated rings. The number of allylic oxidation sites excluding steroid dienone is 2. The Morgan fingerprint density at radius 1 is 1.02 bits per heavy atom. The predicted octanol–water partition coefficient (Wildman–Crippen LogP) is 7.42. The van der Waals surface area contributed by atoms with E-state index in [1.54, 1.807) is 6.20 Å². The fourth-order valence-electron chi connectivity index (χ4n) is 5.38. The van der Waals surface area contributed by atoms with Gasteiger partial charge in [-0.25, -0.2) is 0 Å². The maximum Gasteiger partial charge on any atom is 0.116 e. The van der Waals surface area contributed by atoms with Crippen LogP contribution in [0.3, 0.4) is 0 Å². The van der Waals surface area contributed by atoms with Crippen molar-refractivity contribution in [2.45, 2.75) is 26.2 Å². The first kappa shape index (κ1) is 25.4. The molecule has 5 heterocycles. The summed E-state index contributed by atoms with van der Waals surface area (Å²) in [5, 5.41) is 12.2. The zero-order valence-corrected chi connectivity index (χ0v) is 22.7. The van der Waals surface area contributed by atoms with Gasteiger partial charge in [-0.1, -0.05) is 49.6 Å². The lowest BCUT2D eigenvalue weighted by molar-refractivity contribution is 0.326. The number of benzene rings is 1. The average molecular weight is 528 g/mol. The smallest absolute Gasteiger partial charge is 0.116 e. The summed E-state index contributed by atoms with van der Waals surface area (Å²) in [5.74, 6) is 0. The van der Waals surface area contributed by atoms with Crippen molar-refractivity contribution in [2.75, 3.05) is 18.4 Å². The third-order valence-corrected chi connectivity index (χ3v) is 7.42. The van der Waals surface area contributed by atoms with Crippen molar-refractivity contribution in [3.63, 3.8) is 0 Å². The number of rotatable bonds is 8. The summed E-state index contributed by atoms with van der Waals surface area (Å²) in [6, 6.07) is 16.4. The van der Waals surface area contributed by atoms with Crippen molar-refractivity contribution >= 4 is 28.0 Å².